The third-order valence-electron chi connectivity index (χ3n) is 4.36. The highest BCUT2D eigenvalue weighted by atomic mass is 16.5. The number of aromatic nitrogens is 3. The lowest BCUT2D eigenvalue weighted by molar-refractivity contribution is 0.412. The number of hydrogen-bond donors (Lipinski definition) is 1. The minimum Gasteiger partial charge on any atom is -0.497 e. The van der Waals surface area contributed by atoms with Crippen LogP contribution in [0.5, 0.6) is 11.5 Å². The number of anilines is 2. The molecule has 1 N–H and O–H groups in total. The number of nitrogens with zero attached hydrogens (tertiary/aromatic N) is 3. The van der Waals surface area contributed by atoms with Crippen LogP contribution in [-0.2, 0) is 0 Å². The zero-order valence-corrected chi connectivity index (χ0v) is 15.4. The molecule has 136 valence electrons. The second kappa shape index (κ2) is 6.99. The van der Waals surface area contributed by atoms with Crippen molar-refractivity contribution < 1.29 is 9.47 Å². The van der Waals surface area contributed by atoms with Gasteiger partial charge in [-0.05, 0) is 55.5 Å². The Morgan fingerprint density at radius 1 is 0.852 bits per heavy atom. The van der Waals surface area contributed by atoms with E-state index in [4.69, 9.17) is 14.5 Å². The van der Waals surface area contributed by atoms with Crippen LogP contribution in [-0.4, -0.2) is 28.6 Å². The second-order valence-electron chi connectivity index (χ2n) is 6.10. The van der Waals surface area contributed by atoms with Crippen LogP contribution in [0.2, 0.25) is 0 Å². The average molecular weight is 360 g/mol. The molecule has 0 spiro atoms. The van der Waals surface area contributed by atoms with Gasteiger partial charge in [0.05, 0.1) is 37.5 Å². The van der Waals surface area contributed by atoms with Crippen molar-refractivity contribution in [1.29, 1.82) is 0 Å². The van der Waals surface area contributed by atoms with Gasteiger partial charge < -0.3 is 14.8 Å². The largest absolute Gasteiger partial charge is 0.497 e. The standard InChI is InChI=1S/C21H20N4O2/c1-14-21(25-13-17(27-3)11-12-20(25)22-14)18-5-4-6-19(24-18)23-15-7-9-16(26-2)10-8-15/h4-13H,1-3H3,(H,23,24). The maximum atomic E-state index is 5.35. The van der Waals surface area contributed by atoms with Crippen LogP contribution >= 0.6 is 0 Å². The Labute approximate surface area is 157 Å². The van der Waals surface area contributed by atoms with Crippen molar-refractivity contribution >= 4 is 17.2 Å². The third-order valence-corrected chi connectivity index (χ3v) is 4.36. The first-order valence-electron chi connectivity index (χ1n) is 8.59. The van der Waals surface area contributed by atoms with Crippen LogP contribution in [0.15, 0.2) is 60.8 Å². The van der Waals surface area contributed by atoms with Gasteiger partial charge >= 0.3 is 0 Å². The summed E-state index contributed by atoms with van der Waals surface area (Å²) in [5.74, 6) is 2.35. The zero-order chi connectivity index (χ0) is 18.8. The molecule has 6 heteroatoms. The molecule has 0 aliphatic carbocycles. The molecule has 0 bridgehead atoms. The van der Waals surface area contributed by atoms with E-state index in [9.17, 15) is 0 Å². The van der Waals surface area contributed by atoms with Crippen molar-refractivity contribution in [2.75, 3.05) is 19.5 Å². The van der Waals surface area contributed by atoms with Gasteiger partial charge in [-0.25, -0.2) is 9.97 Å². The summed E-state index contributed by atoms with van der Waals surface area (Å²) < 4.78 is 12.6. The Kier molecular flexibility index (Phi) is 4.38. The van der Waals surface area contributed by atoms with Crippen molar-refractivity contribution in [3.8, 4) is 22.9 Å². The Bertz CT molecular complexity index is 1090. The zero-order valence-electron chi connectivity index (χ0n) is 15.4. The Morgan fingerprint density at radius 3 is 2.33 bits per heavy atom. The number of rotatable bonds is 5. The van der Waals surface area contributed by atoms with Crippen molar-refractivity contribution in [2.24, 2.45) is 0 Å². The second-order valence-corrected chi connectivity index (χ2v) is 6.10. The maximum absolute atomic E-state index is 5.35. The molecule has 0 fully saturated rings. The Morgan fingerprint density at radius 2 is 1.59 bits per heavy atom. The molecular weight excluding hydrogens is 340 g/mol. The van der Waals surface area contributed by atoms with E-state index in [1.54, 1.807) is 14.2 Å². The van der Waals surface area contributed by atoms with Crippen molar-refractivity contribution in [3.05, 3.63) is 66.5 Å². The summed E-state index contributed by atoms with van der Waals surface area (Å²) in [6, 6.07) is 17.5. The van der Waals surface area contributed by atoms with E-state index in [1.807, 2.05) is 72.1 Å². The molecule has 0 aliphatic rings. The first-order chi connectivity index (χ1) is 13.2. The molecule has 0 radical (unpaired) electrons. The van der Waals surface area contributed by atoms with Crippen molar-refractivity contribution in [3.63, 3.8) is 0 Å². The maximum Gasteiger partial charge on any atom is 0.137 e. The van der Waals surface area contributed by atoms with E-state index in [2.05, 4.69) is 10.3 Å². The molecule has 0 unspecified atom stereocenters. The monoisotopic (exact) mass is 360 g/mol. The van der Waals surface area contributed by atoms with Crippen LogP contribution in [0, 0.1) is 6.92 Å². The molecule has 27 heavy (non-hydrogen) atoms. The van der Waals surface area contributed by atoms with Crippen molar-refractivity contribution in [1.82, 2.24) is 14.4 Å². The lowest BCUT2D eigenvalue weighted by Gasteiger charge is -2.09. The van der Waals surface area contributed by atoms with Gasteiger partial charge in [-0.15, -0.1) is 0 Å². The number of aryl methyl sites for hydroxylation is 1. The molecule has 4 rings (SSSR count). The molecule has 0 saturated heterocycles. The summed E-state index contributed by atoms with van der Waals surface area (Å²) in [5, 5.41) is 3.33. The van der Waals surface area contributed by atoms with E-state index >= 15 is 0 Å². The van der Waals surface area contributed by atoms with Crippen LogP contribution in [0.3, 0.4) is 0 Å². The van der Waals surface area contributed by atoms with Gasteiger partial charge in [-0.1, -0.05) is 6.07 Å². The minimum absolute atomic E-state index is 0.759. The van der Waals surface area contributed by atoms with Crippen LogP contribution in [0.25, 0.3) is 17.0 Å². The number of ether oxygens (including phenoxy) is 2. The molecule has 0 aliphatic heterocycles. The number of fused-ring (bicyclic) bond motifs is 1. The van der Waals surface area contributed by atoms with Gasteiger partial charge in [0.25, 0.3) is 0 Å². The third kappa shape index (κ3) is 3.29. The highest BCUT2D eigenvalue weighted by Crippen LogP contribution is 2.27. The normalized spacial score (nSPS) is 10.8. The van der Waals surface area contributed by atoms with Gasteiger partial charge in [-0.2, -0.15) is 0 Å². The number of nitrogens with one attached hydrogen (secondary N) is 1. The first-order valence-corrected chi connectivity index (χ1v) is 8.59. The summed E-state index contributed by atoms with van der Waals surface area (Å²) in [5.41, 5.74) is 4.50. The smallest absolute Gasteiger partial charge is 0.137 e. The number of pyridine rings is 2. The topological polar surface area (TPSA) is 60.7 Å². The fraction of sp³-hybridized carbons (Fsp3) is 0.143. The molecule has 0 saturated carbocycles. The molecule has 0 atom stereocenters. The van der Waals surface area contributed by atoms with E-state index in [0.717, 1.165) is 45.7 Å². The van der Waals surface area contributed by atoms with Crippen LogP contribution in [0.1, 0.15) is 5.69 Å². The number of methoxy groups -OCH3 is 2. The number of imidazole rings is 1. The highest BCUT2D eigenvalue weighted by molar-refractivity contribution is 5.67. The van der Waals surface area contributed by atoms with Gasteiger partial charge in [0.1, 0.15) is 23.0 Å². The Balaban J connectivity index is 1.71. The summed E-state index contributed by atoms with van der Waals surface area (Å²) in [6.07, 6.45) is 1.93. The SMILES string of the molecule is COc1ccc(Nc2cccc(-c3c(C)nc4ccc(OC)cn34)n2)cc1. The van der Waals surface area contributed by atoms with E-state index < -0.39 is 0 Å². The predicted octanol–water partition coefficient (Wildman–Crippen LogP) is 4.47. The summed E-state index contributed by atoms with van der Waals surface area (Å²) >= 11 is 0. The van der Waals surface area contributed by atoms with Crippen molar-refractivity contribution in [2.45, 2.75) is 6.92 Å². The molecule has 4 aromatic rings. The van der Waals surface area contributed by atoms with Gasteiger partial charge in [0.15, 0.2) is 0 Å². The molecule has 3 heterocycles. The fourth-order valence-electron chi connectivity index (χ4n) is 3.03. The van der Waals surface area contributed by atoms with Gasteiger partial charge in [0.2, 0.25) is 0 Å². The van der Waals surface area contributed by atoms with E-state index in [0.29, 0.717) is 0 Å². The van der Waals surface area contributed by atoms with E-state index in [-0.39, 0.29) is 0 Å². The average Bonchev–Trinajstić information content (AvgIpc) is 3.03. The minimum atomic E-state index is 0.759. The number of benzene rings is 1. The number of hydrogen-bond acceptors (Lipinski definition) is 5. The lowest BCUT2D eigenvalue weighted by atomic mass is 10.2. The molecule has 0 amide bonds. The Hall–Kier alpha value is -3.54. The highest BCUT2D eigenvalue weighted by Gasteiger charge is 2.13. The van der Waals surface area contributed by atoms with Gasteiger partial charge in [-0.3, -0.25) is 4.40 Å². The molecule has 6 nitrogen and oxygen atoms in total. The van der Waals surface area contributed by atoms with E-state index in [1.165, 1.54) is 0 Å². The van der Waals surface area contributed by atoms with Crippen LogP contribution < -0.4 is 14.8 Å². The molecule has 1 aromatic carbocycles. The van der Waals surface area contributed by atoms with Gasteiger partial charge in [0, 0.05) is 5.69 Å². The summed E-state index contributed by atoms with van der Waals surface area (Å²) in [4.78, 5) is 9.41. The first kappa shape index (κ1) is 16.9. The predicted molar refractivity (Wildman–Crippen MR) is 106 cm³/mol. The van der Waals surface area contributed by atoms with Crippen LogP contribution in [0.4, 0.5) is 11.5 Å². The quantitative estimate of drug-likeness (QED) is 0.569. The lowest BCUT2D eigenvalue weighted by Crippen LogP contribution is -1.97. The molecule has 3 aromatic heterocycles. The fourth-order valence-corrected chi connectivity index (χ4v) is 3.03. The molecular formula is C21H20N4O2. The summed E-state index contributed by atoms with van der Waals surface area (Å²) in [6.45, 7) is 1.99. The summed E-state index contributed by atoms with van der Waals surface area (Å²) in [7, 11) is 3.31.